The zero-order valence-electron chi connectivity index (χ0n) is 8.45. The molecule has 1 heterocycles. The summed E-state index contributed by atoms with van der Waals surface area (Å²) in [4.78, 5) is 6.86. The minimum Gasteiger partial charge on any atom is -0.303 e. The molecule has 4 heteroatoms. The second-order valence-electron chi connectivity index (χ2n) is 2.87. The second-order valence-corrected chi connectivity index (χ2v) is 5.30. The molecule has 0 aromatic carbocycles. The largest absolute Gasteiger partial charge is 0.303 e. The monoisotopic (exact) mass is 218 g/mol. The van der Waals surface area contributed by atoms with Crippen LogP contribution in [0.5, 0.6) is 0 Å². The molecule has 0 bridgehead atoms. The minimum atomic E-state index is 1.03. The van der Waals surface area contributed by atoms with Gasteiger partial charge in [0.25, 0.3) is 0 Å². The van der Waals surface area contributed by atoms with Gasteiger partial charge in [-0.1, -0.05) is 37.4 Å². The highest BCUT2D eigenvalue weighted by Gasteiger charge is 2.07. The van der Waals surface area contributed by atoms with E-state index in [-0.39, 0.29) is 0 Å². The molecule has 0 saturated carbocycles. The van der Waals surface area contributed by atoms with Gasteiger partial charge in [-0.3, -0.25) is 4.99 Å². The van der Waals surface area contributed by atoms with Crippen molar-refractivity contribution in [2.45, 2.75) is 13.8 Å². The van der Waals surface area contributed by atoms with Crippen LogP contribution in [0.4, 0.5) is 0 Å². The van der Waals surface area contributed by atoms with E-state index >= 15 is 0 Å². The maximum Gasteiger partial charge on any atom is 0.124 e. The van der Waals surface area contributed by atoms with Crippen molar-refractivity contribution in [2.24, 2.45) is 4.99 Å². The first-order chi connectivity index (χ1) is 6.36. The van der Waals surface area contributed by atoms with E-state index in [1.165, 1.54) is 22.4 Å². The van der Waals surface area contributed by atoms with Crippen LogP contribution in [0.1, 0.15) is 13.8 Å². The Balaban J connectivity index is 2.05. The number of thioether (sulfide) groups is 2. The molecular formula is C9H18N2S2. The number of rotatable bonds is 5. The molecule has 0 unspecified atom stereocenters. The van der Waals surface area contributed by atoms with Crippen LogP contribution in [0.15, 0.2) is 4.99 Å². The maximum absolute atomic E-state index is 4.41. The standard InChI is InChI=1S/C9H18N2S2/c1-3-11(4-2)6-8-13-9-10-5-7-12-9/h3-8H2,1-2H3. The molecule has 0 aromatic heterocycles. The van der Waals surface area contributed by atoms with Crippen molar-refractivity contribution < 1.29 is 0 Å². The summed E-state index contributed by atoms with van der Waals surface area (Å²) < 4.78 is 1.30. The highest BCUT2D eigenvalue weighted by molar-refractivity contribution is 8.39. The van der Waals surface area contributed by atoms with Gasteiger partial charge >= 0.3 is 0 Å². The lowest BCUT2D eigenvalue weighted by Gasteiger charge is -2.16. The molecule has 0 amide bonds. The first kappa shape index (κ1) is 11.4. The smallest absolute Gasteiger partial charge is 0.124 e. The molecule has 0 spiro atoms. The topological polar surface area (TPSA) is 15.6 Å². The Morgan fingerprint density at radius 2 is 2.23 bits per heavy atom. The fraction of sp³-hybridized carbons (Fsp3) is 0.889. The van der Waals surface area contributed by atoms with E-state index in [1.54, 1.807) is 0 Å². The fourth-order valence-electron chi connectivity index (χ4n) is 1.20. The van der Waals surface area contributed by atoms with Crippen molar-refractivity contribution in [1.29, 1.82) is 0 Å². The lowest BCUT2D eigenvalue weighted by atomic mass is 10.5. The summed E-state index contributed by atoms with van der Waals surface area (Å²) in [6.07, 6.45) is 0. The van der Waals surface area contributed by atoms with Crippen molar-refractivity contribution in [3.63, 3.8) is 0 Å². The zero-order chi connectivity index (χ0) is 9.52. The van der Waals surface area contributed by atoms with E-state index in [0.29, 0.717) is 0 Å². The summed E-state index contributed by atoms with van der Waals surface area (Å²) in [7, 11) is 0. The van der Waals surface area contributed by atoms with Crippen LogP contribution in [-0.2, 0) is 0 Å². The van der Waals surface area contributed by atoms with Gasteiger partial charge in [0.15, 0.2) is 0 Å². The summed E-state index contributed by atoms with van der Waals surface area (Å²) in [5, 5.41) is 0. The molecule has 0 radical (unpaired) electrons. The zero-order valence-corrected chi connectivity index (χ0v) is 10.1. The van der Waals surface area contributed by atoms with Crippen molar-refractivity contribution >= 4 is 27.9 Å². The Kier molecular flexibility index (Phi) is 5.91. The van der Waals surface area contributed by atoms with Gasteiger partial charge < -0.3 is 4.90 Å². The van der Waals surface area contributed by atoms with Crippen molar-refractivity contribution in [3.05, 3.63) is 0 Å². The van der Waals surface area contributed by atoms with Crippen molar-refractivity contribution in [1.82, 2.24) is 4.90 Å². The van der Waals surface area contributed by atoms with Gasteiger partial charge in [-0.25, -0.2) is 0 Å². The summed E-state index contributed by atoms with van der Waals surface area (Å²) in [5.74, 6) is 2.38. The van der Waals surface area contributed by atoms with Crippen LogP contribution < -0.4 is 0 Å². The van der Waals surface area contributed by atoms with Crippen molar-refractivity contribution in [3.8, 4) is 0 Å². The number of aliphatic imine (C=N–C) groups is 1. The Labute approximate surface area is 89.6 Å². The van der Waals surface area contributed by atoms with E-state index in [0.717, 1.165) is 19.6 Å². The highest BCUT2D eigenvalue weighted by Crippen LogP contribution is 2.21. The van der Waals surface area contributed by atoms with Gasteiger partial charge in [-0.05, 0) is 13.1 Å². The summed E-state index contributed by atoms with van der Waals surface area (Å²) in [5.41, 5.74) is 0. The minimum absolute atomic E-state index is 1.03. The van der Waals surface area contributed by atoms with Crippen LogP contribution in [0, 0.1) is 0 Å². The first-order valence-electron chi connectivity index (χ1n) is 4.89. The van der Waals surface area contributed by atoms with Gasteiger partial charge in [0.05, 0.1) is 6.54 Å². The van der Waals surface area contributed by atoms with Gasteiger partial charge in [0, 0.05) is 18.1 Å². The molecule has 0 atom stereocenters. The van der Waals surface area contributed by atoms with E-state index in [9.17, 15) is 0 Å². The van der Waals surface area contributed by atoms with Gasteiger partial charge in [0.2, 0.25) is 0 Å². The molecule has 1 rings (SSSR count). The maximum atomic E-state index is 4.41. The van der Waals surface area contributed by atoms with Crippen molar-refractivity contribution in [2.75, 3.05) is 37.7 Å². The molecule has 1 aliphatic rings. The third-order valence-electron chi connectivity index (χ3n) is 2.09. The second kappa shape index (κ2) is 6.74. The Morgan fingerprint density at radius 3 is 2.77 bits per heavy atom. The molecule has 0 N–H and O–H groups in total. The van der Waals surface area contributed by atoms with Crippen LogP contribution in [0.25, 0.3) is 0 Å². The summed E-state index contributed by atoms with van der Waals surface area (Å²) >= 11 is 3.82. The third kappa shape index (κ3) is 4.38. The average Bonchev–Trinajstić information content (AvgIpc) is 2.65. The van der Waals surface area contributed by atoms with Crippen LogP contribution in [-0.4, -0.2) is 47.0 Å². The molecule has 76 valence electrons. The Bertz CT molecular complexity index is 167. The average molecular weight is 218 g/mol. The fourth-order valence-corrected chi connectivity index (χ4v) is 3.28. The van der Waals surface area contributed by atoms with Gasteiger partial charge in [-0.15, -0.1) is 0 Å². The summed E-state index contributed by atoms with van der Waals surface area (Å²) in [6, 6.07) is 0. The molecular weight excluding hydrogens is 200 g/mol. The Morgan fingerprint density at radius 1 is 1.46 bits per heavy atom. The van der Waals surface area contributed by atoms with E-state index in [4.69, 9.17) is 0 Å². The molecule has 0 aliphatic carbocycles. The van der Waals surface area contributed by atoms with E-state index in [2.05, 4.69) is 23.7 Å². The highest BCUT2D eigenvalue weighted by atomic mass is 32.2. The van der Waals surface area contributed by atoms with Gasteiger partial charge in [-0.2, -0.15) is 0 Å². The molecule has 1 aliphatic heterocycles. The van der Waals surface area contributed by atoms with Gasteiger partial charge in [0.1, 0.15) is 4.38 Å². The van der Waals surface area contributed by atoms with Crippen LogP contribution in [0.3, 0.4) is 0 Å². The predicted octanol–water partition coefficient (Wildman–Crippen LogP) is 2.16. The quantitative estimate of drug-likeness (QED) is 0.703. The summed E-state index contributed by atoms with van der Waals surface area (Å²) in [6.45, 7) is 8.98. The van der Waals surface area contributed by atoms with E-state index in [1.807, 2.05) is 23.5 Å². The third-order valence-corrected chi connectivity index (χ3v) is 4.32. The van der Waals surface area contributed by atoms with E-state index < -0.39 is 0 Å². The SMILES string of the molecule is CCN(CC)CCSC1=NCCS1. The number of hydrogen-bond donors (Lipinski definition) is 0. The molecule has 2 nitrogen and oxygen atoms in total. The molecule has 13 heavy (non-hydrogen) atoms. The van der Waals surface area contributed by atoms with Crippen LogP contribution in [0.2, 0.25) is 0 Å². The lowest BCUT2D eigenvalue weighted by molar-refractivity contribution is 0.324. The number of hydrogen-bond acceptors (Lipinski definition) is 4. The normalized spacial score (nSPS) is 16.7. The number of nitrogens with zero attached hydrogens (tertiary/aromatic N) is 2. The Hall–Kier alpha value is 0.330. The predicted molar refractivity (Wildman–Crippen MR) is 65.0 cm³/mol. The first-order valence-corrected chi connectivity index (χ1v) is 6.86. The lowest BCUT2D eigenvalue weighted by Crippen LogP contribution is -2.25. The molecule has 0 aromatic rings. The van der Waals surface area contributed by atoms with Crippen LogP contribution >= 0.6 is 23.5 Å². The molecule has 0 fully saturated rings. The molecule has 0 saturated heterocycles.